The van der Waals surface area contributed by atoms with Gasteiger partial charge in [-0.15, -0.1) is 0 Å². The first-order valence-electron chi connectivity index (χ1n) is 6.75. The maximum absolute atomic E-state index is 9.56. The molecule has 0 amide bonds. The number of nitriles is 1. The Morgan fingerprint density at radius 3 is 2.10 bits per heavy atom. The van der Waals surface area contributed by atoms with E-state index < -0.39 is 0 Å². The first-order valence-corrected chi connectivity index (χ1v) is 6.75. The summed E-state index contributed by atoms with van der Waals surface area (Å²) < 4.78 is 5.45. The standard InChI is InChI=1S/C13H9NO2.2C2H6/c14-9-10-6-7-12(15)13(8-10)16-11-4-2-1-3-5-11;2*1-2/h1-8,15H;2*1-2H3. The van der Waals surface area contributed by atoms with Crippen LogP contribution >= 0.6 is 0 Å². The van der Waals surface area contributed by atoms with E-state index in [1.165, 1.54) is 18.2 Å². The van der Waals surface area contributed by atoms with E-state index in [2.05, 4.69) is 0 Å². The van der Waals surface area contributed by atoms with E-state index in [-0.39, 0.29) is 11.5 Å². The molecule has 3 heteroatoms. The van der Waals surface area contributed by atoms with E-state index in [0.29, 0.717) is 11.3 Å². The number of aromatic hydroxyl groups is 1. The molecule has 0 unspecified atom stereocenters. The Balaban J connectivity index is 0.000000829. The van der Waals surface area contributed by atoms with Crippen LogP contribution in [0.15, 0.2) is 48.5 Å². The van der Waals surface area contributed by atoms with Gasteiger partial charge in [0.1, 0.15) is 5.75 Å². The zero-order chi connectivity index (χ0) is 15.4. The lowest BCUT2D eigenvalue weighted by Gasteiger charge is -2.07. The van der Waals surface area contributed by atoms with Gasteiger partial charge < -0.3 is 9.84 Å². The molecule has 0 bridgehead atoms. The third-order valence-corrected chi connectivity index (χ3v) is 2.06. The molecule has 0 saturated heterocycles. The molecule has 0 spiro atoms. The van der Waals surface area contributed by atoms with Gasteiger partial charge in [-0.25, -0.2) is 0 Å². The highest BCUT2D eigenvalue weighted by molar-refractivity contribution is 5.47. The quantitative estimate of drug-likeness (QED) is 0.825. The highest BCUT2D eigenvalue weighted by Crippen LogP contribution is 2.30. The fourth-order valence-corrected chi connectivity index (χ4v) is 1.28. The third-order valence-electron chi connectivity index (χ3n) is 2.06. The number of phenolic OH excluding ortho intramolecular Hbond substituents is 1. The van der Waals surface area contributed by atoms with E-state index in [4.69, 9.17) is 10.00 Å². The molecule has 2 aromatic rings. The summed E-state index contributed by atoms with van der Waals surface area (Å²) in [6.07, 6.45) is 0. The minimum absolute atomic E-state index is 0.0165. The van der Waals surface area contributed by atoms with Crippen LogP contribution in [0.2, 0.25) is 0 Å². The molecule has 0 aliphatic carbocycles. The molecule has 0 aliphatic heterocycles. The molecule has 2 aromatic carbocycles. The van der Waals surface area contributed by atoms with Crippen LogP contribution in [0.4, 0.5) is 0 Å². The molecule has 3 nitrogen and oxygen atoms in total. The van der Waals surface area contributed by atoms with Gasteiger partial charge in [-0.05, 0) is 24.3 Å². The first-order chi connectivity index (χ1) is 9.79. The summed E-state index contributed by atoms with van der Waals surface area (Å²) in [5, 5.41) is 18.3. The van der Waals surface area contributed by atoms with Crippen molar-refractivity contribution < 1.29 is 9.84 Å². The van der Waals surface area contributed by atoms with E-state index >= 15 is 0 Å². The van der Waals surface area contributed by atoms with Gasteiger partial charge in [-0.3, -0.25) is 0 Å². The molecule has 20 heavy (non-hydrogen) atoms. The third kappa shape index (κ3) is 5.45. The lowest BCUT2D eigenvalue weighted by Crippen LogP contribution is -1.85. The van der Waals surface area contributed by atoms with Gasteiger partial charge in [0.05, 0.1) is 11.6 Å². The Morgan fingerprint density at radius 1 is 0.950 bits per heavy atom. The van der Waals surface area contributed by atoms with E-state index in [0.717, 1.165) is 0 Å². The largest absolute Gasteiger partial charge is 0.504 e. The fraction of sp³-hybridized carbons (Fsp3) is 0.235. The maximum Gasteiger partial charge on any atom is 0.170 e. The van der Waals surface area contributed by atoms with Crippen LogP contribution in [0.25, 0.3) is 0 Å². The van der Waals surface area contributed by atoms with Gasteiger partial charge in [0.15, 0.2) is 11.5 Å². The number of ether oxygens (including phenoxy) is 1. The summed E-state index contributed by atoms with van der Waals surface area (Å²) in [5.74, 6) is 0.918. The van der Waals surface area contributed by atoms with Gasteiger partial charge in [0.2, 0.25) is 0 Å². The average molecular weight is 271 g/mol. The molecule has 0 aliphatic rings. The molecule has 0 radical (unpaired) electrons. The molecule has 0 saturated carbocycles. The van der Waals surface area contributed by atoms with Gasteiger partial charge in [-0.2, -0.15) is 5.26 Å². The topological polar surface area (TPSA) is 53.2 Å². The molecule has 0 fully saturated rings. The number of para-hydroxylation sites is 1. The zero-order valence-electron chi connectivity index (χ0n) is 12.4. The van der Waals surface area contributed by atoms with Crippen LogP contribution < -0.4 is 4.74 Å². The van der Waals surface area contributed by atoms with Crippen molar-refractivity contribution in [1.29, 1.82) is 5.26 Å². The summed E-state index contributed by atoms with van der Waals surface area (Å²) in [7, 11) is 0. The molecule has 0 atom stereocenters. The predicted molar refractivity (Wildman–Crippen MR) is 82.0 cm³/mol. The number of nitrogens with zero attached hydrogens (tertiary/aromatic N) is 1. The number of hydrogen-bond donors (Lipinski definition) is 1. The van der Waals surface area contributed by atoms with Crippen LogP contribution in [0.5, 0.6) is 17.2 Å². The van der Waals surface area contributed by atoms with Gasteiger partial charge in [-0.1, -0.05) is 45.9 Å². The van der Waals surface area contributed by atoms with Crippen molar-refractivity contribution in [3.05, 3.63) is 54.1 Å². The number of rotatable bonds is 2. The van der Waals surface area contributed by atoms with Crippen molar-refractivity contribution in [3.8, 4) is 23.3 Å². The maximum atomic E-state index is 9.56. The SMILES string of the molecule is CC.CC.N#Cc1ccc(O)c(Oc2ccccc2)c1. The monoisotopic (exact) mass is 271 g/mol. The molecule has 2 rings (SSSR count). The minimum atomic E-state index is 0.0165. The van der Waals surface area contributed by atoms with Crippen molar-refractivity contribution in [2.24, 2.45) is 0 Å². The first kappa shape index (κ1) is 17.5. The zero-order valence-corrected chi connectivity index (χ0v) is 12.4. The van der Waals surface area contributed by atoms with E-state index in [9.17, 15) is 5.11 Å². The Labute approximate surface area is 121 Å². The molecule has 0 aromatic heterocycles. The van der Waals surface area contributed by atoms with Gasteiger partial charge in [0.25, 0.3) is 0 Å². The van der Waals surface area contributed by atoms with E-state index in [1.807, 2.05) is 52.0 Å². The van der Waals surface area contributed by atoms with Crippen LogP contribution in [0.3, 0.4) is 0 Å². The lowest BCUT2D eigenvalue weighted by atomic mass is 10.2. The Kier molecular flexibility index (Phi) is 9.16. The molecule has 1 N–H and O–H groups in total. The van der Waals surface area contributed by atoms with Gasteiger partial charge in [0, 0.05) is 6.07 Å². The summed E-state index contributed by atoms with van der Waals surface area (Å²) in [6, 6.07) is 15.6. The average Bonchev–Trinajstić information content (AvgIpc) is 2.54. The molecule has 106 valence electrons. The van der Waals surface area contributed by atoms with E-state index in [1.54, 1.807) is 12.1 Å². The highest BCUT2D eigenvalue weighted by Gasteiger charge is 2.04. The Morgan fingerprint density at radius 2 is 1.55 bits per heavy atom. The van der Waals surface area contributed by atoms with Crippen molar-refractivity contribution in [2.45, 2.75) is 27.7 Å². The second kappa shape index (κ2) is 10.5. The van der Waals surface area contributed by atoms with Crippen LogP contribution in [0.1, 0.15) is 33.3 Å². The Hall–Kier alpha value is -2.47. The smallest absolute Gasteiger partial charge is 0.170 e. The number of benzene rings is 2. The van der Waals surface area contributed by atoms with Crippen LogP contribution in [-0.2, 0) is 0 Å². The molecular weight excluding hydrogens is 250 g/mol. The van der Waals surface area contributed by atoms with Crippen molar-refractivity contribution in [2.75, 3.05) is 0 Å². The molecule has 0 heterocycles. The van der Waals surface area contributed by atoms with Crippen molar-refractivity contribution >= 4 is 0 Å². The number of phenols is 1. The minimum Gasteiger partial charge on any atom is -0.504 e. The predicted octanol–water partition coefficient (Wildman–Crippen LogP) is 5.11. The van der Waals surface area contributed by atoms with Gasteiger partial charge >= 0.3 is 0 Å². The van der Waals surface area contributed by atoms with Crippen LogP contribution in [0, 0.1) is 11.3 Å². The molecular formula is C17H21NO2. The second-order valence-electron chi connectivity index (χ2n) is 3.21. The normalized spacial score (nSPS) is 8.15. The summed E-state index contributed by atoms with van der Waals surface area (Å²) in [4.78, 5) is 0. The number of hydrogen-bond acceptors (Lipinski definition) is 3. The second-order valence-corrected chi connectivity index (χ2v) is 3.21. The Bertz CT molecular complexity index is 530. The lowest BCUT2D eigenvalue weighted by molar-refractivity contribution is 0.411. The summed E-state index contributed by atoms with van der Waals surface area (Å²) >= 11 is 0. The van der Waals surface area contributed by atoms with Crippen molar-refractivity contribution in [1.82, 2.24) is 0 Å². The van der Waals surface area contributed by atoms with Crippen molar-refractivity contribution in [3.63, 3.8) is 0 Å². The van der Waals surface area contributed by atoms with Crippen LogP contribution in [-0.4, -0.2) is 5.11 Å². The summed E-state index contributed by atoms with van der Waals surface area (Å²) in [6.45, 7) is 8.00. The fourth-order valence-electron chi connectivity index (χ4n) is 1.28. The highest BCUT2D eigenvalue weighted by atomic mass is 16.5. The summed E-state index contributed by atoms with van der Waals surface area (Å²) in [5.41, 5.74) is 0.448.